The number of nitrogens with one attached hydrogen (secondary N) is 3. The molecule has 5 rings (SSSR count). The molecule has 13 heteroatoms. The molecule has 13 nitrogen and oxygen atoms in total. The molecule has 2 saturated carbocycles. The van der Waals surface area contributed by atoms with Crippen LogP contribution in [0.4, 0.5) is 0 Å². The maximum absolute atomic E-state index is 12.8. The van der Waals surface area contributed by atoms with Crippen molar-refractivity contribution in [2.45, 2.75) is 109 Å². The van der Waals surface area contributed by atoms with Crippen LogP contribution in [0.25, 0.3) is 0 Å². The number of hydrogen-bond acceptors (Lipinski definition) is 12. The molecule has 59 heavy (non-hydrogen) atoms. The molecule has 0 heterocycles. The number of aromatic hydroxyl groups is 6. The van der Waals surface area contributed by atoms with Gasteiger partial charge in [-0.25, -0.2) is 0 Å². The van der Waals surface area contributed by atoms with Gasteiger partial charge >= 0.3 is 0 Å². The Morgan fingerprint density at radius 1 is 0.593 bits per heavy atom. The van der Waals surface area contributed by atoms with E-state index in [0.29, 0.717) is 32.2 Å². The summed E-state index contributed by atoms with van der Waals surface area (Å²) in [5.41, 5.74) is 9.41. The van der Waals surface area contributed by atoms with Gasteiger partial charge in [-0.3, -0.25) is 4.79 Å². The van der Waals surface area contributed by atoms with E-state index in [0.717, 1.165) is 107 Å². The SMILES string of the molecule is CC1(CCC=O)CC2(N)CC(C)(CCC=O)CC(CCC(=O)NCCc3ccc(O)c(O)c3)(C1)C2.CNCCc1ccc(O)c(O)c1.CNCCc1ccc(O)c(O)c1. The zero-order chi connectivity index (χ0) is 43.7. The summed E-state index contributed by atoms with van der Waals surface area (Å²) in [6.45, 7) is 6.67. The second-order valence-corrected chi connectivity index (χ2v) is 17.6. The van der Waals surface area contributed by atoms with Gasteiger partial charge < -0.3 is 61.9 Å². The van der Waals surface area contributed by atoms with E-state index < -0.39 is 0 Å². The van der Waals surface area contributed by atoms with Crippen molar-refractivity contribution >= 4 is 18.5 Å². The Kier molecular flexibility index (Phi) is 18.5. The van der Waals surface area contributed by atoms with E-state index in [2.05, 4.69) is 29.8 Å². The van der Waals surface area contributed by atoms with Gasteiger partial charge in [-0.2, -0.15) is 0 Å². The lowest BCUT2D eigenvalue weighted by Gasteiger charge is -2.62. The third-order valence-electron chi connectivity index (χ3n) is 11.7. The molecule has 0 saturated heterocycles. The van der Waals surface area contributed by atoms with Gasteiger partial charge in [0.05, 0.1) is 0 Å². The van der Waals surface area contributed by atoms with E-state index in [-0.39, 0.29) is 62.2 Å². The molecule has 2 unspecified atom stereocenters. The van der Waals surface area contributed by atoms with E-state index in [4.69, 9.17) is 26.2 Å². The Morgan fingerprint density at radius 2 is 0.983 bits per heavy atom. The molecule has 0 aliphatic heterocycles. The third kappa shape index (κ3) is 15.7. The summed E-state index contributed by atoms with van der Waals surface area (Å²) in [5.74, 6) is -0.569. The molecule has 0 spiro atoms. The number of carbonyl (C=O) groups excluding carboxylic acids is 3. The molecule has 326 valence electrons. The monoisotopic (exact) mass is 820 g/mol. The predicted octanol–water partition coefficient (Wildman–Crippen LogP) is 5.89. The minimum Gasteiger partial charge on any atom is -0.504 e. The van der Waals surface area contributed by atoms with Crippen LogP contribution < -0.4 is 21.7 Å². The van der Waals surface area contributed by atoms with Crippen LogP contribution >= 0.6 is 0 Å². The third-order valence-corrected chi connectivity index (χ3v) is 11.7. The number of hydrogen-bond donors (Lipinski definition) is 10. The normalized spacial score (nSPS) is 23.1. The second kappa shape index (κ2) is 22.5. The molecule has 1 amide bonds. The van der Waals surface area contributed by atoms with Crippen molar-refractivity contribution < 1.29 is 45.0 Å². The number of aldehydes is 2. The summed E-state index contributed by atoms with van der Waals surface area (Å²) in [7, 11) is 3.75. The Balaban J connectivity index is 0.000000313. The average Bonchev–Trinajstić information content (AvgIpc) is 3.17. The van der Waals surface area contributed by atoms with Crippen molar-refractivity contribution in [1.29, 1.82) is 0 Å². The highest BCUT2D eigenvalue weighted by Gasteiger charge is 2.58. The van der Waals surface area contributed by atoms with Crippen LogP contribution in [0.1, 0.15) is 101 Å². The van der Waals surface area contributed by atoms with Crippen molar-refractivity contribution in [2.75, 3.05) is 33.7 Å². The molecule has 2 atom stereocenters. The number of phenolic OH excluding ortho intramolecular Hbond substituents is 6. The van der Waals surface area contributed by atoms with Crippen LogP contribution in [0.2, 0.25) is 0 Å². The topological polar surface area (TPSA) is 235 Å². The zero-order valence-electron chi connectivity index (χ0n) is 35.4. The number of fused-ring (bicyclic) bond motifs is 2. The van der Waals surface area contributed by atoms with Crippen LogP contribution in [0, 0.1) is 16.2 Å². The van der Waals surface area contributed by atoms with Gasteiger partial charge in [-0.15, -0.1) is 0 Å². The van der Waals surface area contributed by atoms with Crippen molar-refractivity contribution in [3.8, 4) is 34.5 Å². The molecule has 3 aromatic carbocycles. The van der Waals surface area contributed by atoms with Gasteiger partial charge in [0, 0.05) is 31.3 Å². The van der Waals surface area contributed by atoms with Crippen molar-refractivity contribution in [3.05, 3.63) is 71.3 Å². The highest BCUT2D eigenvalue weighted by atomic mass is 16.3. The molecule has 2 bridgehead atoms. The van der Waals surface area contributed by atoms with Crippen molar-refractivity contribution in [2.24, 2.45) is 22.0 Å². The van der Waals surface area contributed by atoms with Crippen LogP contribution in [0.5, 0.6) is 34.5 Å². The van der Waals surface area contributed by atoms with Gasteiger partial charge in [0.1, 0.15) is 12.6 Å². The number of nitrogens with two attached hydrogens (primary N) is 1. The number of carbonyl (C=O) groups is 3. The second-order valence-electron chi connectivity index (χ2n) is 17.6. The van der Waals surface area contributed by atoms with Crippen LogP contribution in [-0.2, 0) is 33.6 Å². The smallest absolute Gasteiger partial charge is 0.220 e. The summed E-state index contributed by atoms with van der Waals surface area (Å²) in [4.78, 5) is 35.0. The lowest BCUT2D eigenvalue weighted by Crippen LogP contribution is -2.61. The van der Waals surface area contributed by atoms with Gasteiger partial charge in [-0.05, 0) is 167 Å². The van der Waals surface area contributed by atoms with Gasteiger partial charge in [0.25, 0.3) is 0 Å². The average molecular weight is 821 g/mol. The largest absolute Gasteiger partial charge is 0.504 e. The lowest BCUT2D eigenvalue weighted by molar-refractivity contribution is -0.125. The van der Waals surface area contributed by atoms with Crippen LogP contribution in [0.15, 0.2) is 54.6 Å². The molecule has 2 aliphatic carbocycles. The maximum Gasteiger partial charge on any atom is 0.220 e. The first-order chi connectivity index (χ1) is 27.9. The van der Waals surface area contributed by atoms with E-state index in [1.54, 1.807) is 30.3 Å². The fraction of sp³-hybridized carbons (Fsp3) is 0.543. The van der Waals surface area contributed by atoms with E-state index >= 15 is 0 Å². The Morgan fingerprint density at radius 3 is 1.34 bits per heavy atom. The fourth-order valence-electron chi connectivity index (χ4n) is 9.72. The Hall–Kier alpha value is -4.85. The molecule has 2 fully saturated rings. The van der Waals surface area contributed by atoms with Gasteiger partial charge in [0.15, 0.2) is 34.5 Å². The standard InChI is InChI=1S/C28H42N2O5.2C9H13NO2/c1-25(9-3-13-31)16-27(17-26(2,10-4-14-32)19-28(29,18-25)20-27)11-7-24(35)30-12-8-21-5-6-22(33)23(34)15-21;2*1-10-5-4-7-2-3-8(11)9(12)6-7/h5-6,13-15,33-34H,3-4,7-12,16-20,29H2,1-2H3,(H,30,35);2*2-3,6,10-12H,4-5H2,1H3. The maximum atomic E-state index is 12.8. The zero-order valence-corrected chi connectivity index (χ0v) is 35.4. The minimum atomic E-state index is -0.344. The molecular formula is C46H68N4O9. The summed E-state index contributed by atoms with van der Waals surface area (Å²) in [6, 6.07) is 14.4. The van der Waals surface area contributed by atoms with Crippen LogP contribution in [-0.4, -0.2) is 88.4 Å². The van der Waals surface area contributed by atoms with E-state index in [1.807, 2.05) is 14.1 Å². The van der Waals surface area contributed by atoms with Gasteiger partial charge in [0.2, 0.25) is 5.91 Å². The highest BCUT2D eigenvalue weighted by molar-refractivity contribution is 5.75. The molecule has 0 aromatic heterocycles. The van der Waals surface area contributed by atoms with Crippen LogP contribution in [0.3, 0.4) is 0 Å². The number of amides is 1. The fourth-order valence-corrected chi connectivity index (χ4v) is 9.72. The molecule has 0 radical (unpaired) electrons. The Bertz CT molecular complexity index is 1740. The summed E-state index contributed by atoms with van der Waals surface area (Å²) in [6.07, 6.45) is 12.6. The lowest BCUT2D eigenvalue weighted by atomic mass is 9.44. The highest BCUT2D eigenvalue weighted by Crippen LogP contribution is 2.64. The van der Waals surface area contributed by atoms with Gasteiger partial charge in [-0.1, -0.05) is 32.0 Å². The Labute approximate surface area is 349 Å². The van der Waals surface area contributed by atoms with Crippen molar-refractivity contribution in [3.63, 3.8) is 0 Å². The number of benzene rings is 3. The predicted molar refractivity (Wildman–Crippen MR) is 230 cm³/mol. The quantitative estimate of drug-likeness (QED) is 0.0535. The summed E-state index contributed by atoms with van der Waals surface area (Å²) in [5, 5.41) is 64.4. The molecule has 11 N–H and O–H groups in total. The first kappa shape index (κ1) is 48.5. The molecule has 2 aliphatic rings. The molecular weight excluding hydrogens is 753 g/mol. The number of likely N-dealkylation sites (N-methyl/N-ethyl adjacent to an activating group) is 2. The summed E-state index contributed by atoms with van der Waals surface area (Å²) < 4.78 is 0. The van der Waals surface area contributed by atoms with Crippen molar-refractivity contribution in [1.82, 2.24) is 16.0 Å². The van der Waals surface area contributed by atoms with E-state index in [9.17, 15) is 24.6 Å². The van der Waals surface area contributed by atoms with E-state index in [1.165, 1.54) is 24.3 Å². The number of phenols is 6. The first-order valence-corrected chi connectivity index (χ1v) is 20.7. The first-order valence-electron chi connectivity index (χ1n) is 20.7. The molecule has 3 aromatic rings. The minimum absolute atomic E-state index is 0.00895. The number of rotatable bonds is 18. The summed E-state index contributed by atoms with van der Waals surface area (Å²) >= 11 is 0.